The van der Waals surface area contributed by atoms with Crippen LogP contribution in [0.25, 0.3) is 0 Å². The van der Waals surface area contributed by atoms with E-state index in [0.29, 0.717) is 29.6 Å². The number of methoxy groups -OCH3 is 2. The number of ether oxygens (including phenoxy) is 3. The van der Waals surface area contributed by atoms with Crippen molar-refractivity contribution in [1.29, 1.82) is 0 Å². The largest absolute Gasteiger partial charge is 0.496 e. The molecular weight excluding hydrogens is 324 g/mol. The maximum Gasteiger partial charge on any atom is 0.131 e. The second-order valence-corrected chi connectivity index (χ2v) is 8.87. The van der Waals surface area contributed by atoms with Gasteiger partial charge in [-0.3, -0.25) is 0 Å². The highest BCUT2D eigenvalue weighted by molar-refractivity contribution is 5.55. The van der Waals surface area contributed by atoms with E-state index < -0.39 is 0 Å². The molecule has 1 aliphatic heterocycles. The SMILES string of the molecule is COc1cc(OC)c2c(c1)O[C@]1(C)C=C[C@@H](C(C)C)C[C@@H]1[C@H]2CC(C)C. The highest BCUT2D eigenvalue weighted by Gasteiger charge is 2.49. The Bertz CT molecular complexity index is 676. The van der Waals surface area contributed by atoms with Crippen molar-refractivity contribution in [2.24, 2.45) is 23.7 Å². The Morgan fingerprint density at radius 3 is 2.46 bits per heavy atom. The molecule has 1 aliphatic carbocycles. The van der Waals surface area contributed by atoms with Crippen LogP contribution in [0.3, 0.4) is 0 Å². The molecule has 0 fully saturated rings. The molecule has 3 nitrogen and oxygen atoms in total. The molecule has 26 heavy (non-hydrogen) atoms. The molecule has 3 rings (SSSR count). The van der Waals surface area contributed by atoms with Crippen molar-refractivity contribution < 1.29 is 14.2 Å². The highest BCUT2D eigenvalue weighted by Crippen LogP contribution is 2.56. The molecule has 0 N–H and O–H groups in total. The Morgan fingerprint density at radius 2 is 1.88 bits per heavy atom. The summed E-state index contributed by atoms with van der Waals surface area (Å²) in [6, 6.07) is 4.02. The number of benzene rings is 1. The lowest BCUT2D eigenvalue weighted by Gasteiger charge is -2.50. The first-order chi connectivity index (χ1) is 12.3. The van der Waals surface area contributed by atoms with Crippen molar-refractivity contribution in [3.8, 4) is 17.2 Å². The molecule has 0 saturated heterocycles. The van der Waals surface area contributed by atoms with Gasteiger partial charge in [0, 0.05) is 23.6 Å². The molecule has 144 valence electrons. The van der Waals surface area contributed by atoms with Crippen molar-refractivity contribution in [3.63, 3.8) is 0 Å². The van der Waals surface area contributed by atoms with E-state index in [0.717, 1.165) is 30.1 Å². The maximum atomic E-state index is 6.60. The third kappa shape index (κ3) is 3.33. The van der Waals surface area contributed by atoms with Crippen LogP contribution in [0, 0.1) is 23.7 Å². The topological polar surface area (TPSA) is 27.7 Å². The molecule has 0 unspecified atom stereocenters. The van der Waals surface area contributed by atoms with Crippen molar-refractivity contribution in [2.45, 2.75) is 59.0 Å². The zero-order valence-corrected chi connectivity index (χ0v) is 17.3. The molecule has 0 spiro atoms. The van der Waals surface area contributed by atoms with Crippen molar-refractivity contribution in [3.05, 3.63) is 29.8 Å². The summed E-state index contributed by atoms with van der Waals surface area (Å²) in [6.45, 7) is 11.5. The van der Waals surface area contributed by atoms with Crippen LogP contribution in [0.15, 0.2) is 24.3 Å². The summed E-state index contributed by atoms with van der Waals surface area (Å²) in [5, 5.41) is 0. The van der Waals surface area contributed by atoms with Crippen LogP contribution in [0.2, 0.25) is 0 Å². The van der Waals surface area contributed by atoms with Gasteiger partial charge in [0.2, 0.25) is 0 Å². The van der Waals surface area contributed by atoms with Crippen molar-refractivity contribution in [2.75, 3.05) is 14.2 Å². The van der Waals surface area contributed by atoms with Gasteiger partial charge in [0.25, 0.3) is 0 Å². The lowest BCUT2D eigenvalue weighted by Crippen LogP contribution is -2.49. The van der Waals surface area contributed by atoms with Gasteiger partial charge in [-0.1, -0.05) is 33.8 Å². The van der Waals surface area contributed by atoms with Gasteiger partial charge in [0.15, 0.2) is 0 Å². The summed E-state index contributed by atoms with van der Waals surface area (Å²) in [7, 11) is 3.43. The van der Waals surface area contributed by atoms with E-state index in [4.69, 9.17) is 14.2 Å². The molecule has 3 heteroatoms. The average molecular weight is 359 g/mol. The van der Waals surface area contributed by atoms with Crippen molar-refractivity contribution in [1.82, 2.24) is 0 Å². The van der Waals surface area contributed by atoms with Crippen LogP contribution in [0.4, 0.5) is 0 Å². The van der Waals surface area contributed by atoms with Crippen LogP contribution in [-0.2, 0) is 0 Å². The molecule has 0 aromatic heterocycles. The Kier molecular flexibility index (Phi) is 5.28. The van der Waals surface area contributed by atoms with E-state index in [1.807, 2.05) is 12.1 Å². The Morgan fingerprint density at radius 1 is 1.15 bits per heavy atom. The molecule has 4 atom stereocenters. The van der Waals surface area contributed by atoms with Gasteiger partial charge in [-0.25, -0.2) is 0 Å². The molecule has 0 radical (unpaired) electrons. The van der Waals surface area contributed by atoms with Gasteiger partial charge in [0.05, 0.1) is 14.2 Å². The molecule has 0 saturated carbocycles. The van der Waals surface area contributed by atoms with Gasteiger partial charge in [-0.05, 0) is 49.5 Å². The van der Waals surface area contributed by atoms with Gasteiger partial charge < -0.3 is 14.2 Å². The number of hydrogen-bond donors (Lipinski definition) is 0. The summed E-state index contributed by atoms with van der Waals surface area (Å²) in [4.78, 5) is 0. The summed E-state index contributed by atoms with van der Waals surface area (Å²) in [6.07, 6.45) is 6.98. The lowest BCUT2D eigenvalue weighted by molar-refractivity contribution is 0.00847. The molecule has 0 amide bonds. The van der Waals surface area contributed by atoms with E-state index in [2.05, 4.69) is 46.8 Å². The van der Waals surface area contributed by atoms with E-state index >= 15 is 0 Å². The lowest BCUT2D eigenvalue weighted by atomic mass is 9.63. The first-order valence-corrected chi connectivity index (χ1v) is 9.93. The predicted molar refractivity (Wildman–Crippen MR) is 106 cm³/mol. The van der Waals surface area contributed by atoms with Crippen molar-refractivity contribution >= 4 is 0 Å². The fraction of sp³-hybridized carbons (Fsp3) is 0.652. The third-order valence-electron chi connectivity index (χ3n) is 6.24. The molecular formula is C23H34O3. The molecule has 1 heterocycles. The fourth-order valence-corrected chi connectivity index (χ4v) is 4.75. The molecule has 0 bridgehead atoms. The Labute approximate surface area is 158 Å². The zero-order valence-electron chi connectivity index (χ0n) is 17.3. The fourth-order valence-electron chi connectivity index (χ4n) is 4.75. The Hall–Kier alpha value is -1.64. The second-order valence-electron chi connectivity index (χ2n) is 8.87. The molecule has 2 aliphatic rings. The van der Waals surface area contributed by atoms with Gasteiger partial charge in [0.1, 0.15) is 22.8 Å². The standard InChI is InChI=1S/C23H34O3/c1-14(2)10-18-19-11-16(15(3)4)8-9-23(19,5)26-21-13-17(24-6)12-20(25-7)22(18)21/h8-9,12-16,18-19H,10-11H2,1-7H3/t16-,18-,19-,23-/m1/s1. The number of hydrogen-bond acceptors (Lipinski definition) is 3. The van der Waals surface area contributed by atoms with Crippen LogP contribution < -0.4 is 14.2 Å². The predicted octanol–water partition coefficient (Wildman–Crippen LogP) is 5.83. The summed E-state index contributed by atoms with van der Waals surface area (Å²) >= 11 is 0. The van der Waals surface area contributed by atoms with Gasteiger partial charge in [-0.15, -0.1) is 0 Å². The minimum absolute atomic E-state index is 0.269. The normalized spacial score (nSPS) is 30.0. The quantitative estimate of drug-likeness (QED) is 0.620. The highest BCUT2D eigenvalue weighted by atomic mass is 16.5. The van der Waals surface area contributed by atoms with E-state index in [-0.39, 0.29) is 5.60 Å². The summed E-state index contributed by atoms with van der Waals surface area (Å²) in [5.41, 5.74) is 0.956. The number of fused-ring (bicyclic) bond motifs is 2. The van der Waals surface area contributed by atoms with Crippen LogP contribution in [0.5, 0.6) is 17.2 Å². The number of allylic oxidation sites excluding steroid dienone is 1. The second kappa shape index (κ2) is 7.17. The third-order valence-corrected chi connectivity index (χ3v) is 6.24. The van der Waals surface area contributed by atoms with Gasteiger partial charge in [-0.2, -0.15) is 0 Å². The van der Waals surface area contributed by atoms with E-state index in [1.54, 1.807) is 14.2 Å². The summed E-state index contributed by atoms with van der Waals surface area (Å²) in [5.74, 6) is 5.34. The van der Waals surface area contributed by atoms with Gasteiger partial charge >= 0.3 is 0 Å². The van der Waals surface area contributed by atoms with E-state index in [9.17, 15) is 0 Å². The smallest absolute Gasteiger partial charge is 0.131 e. The molecule has 1 aromatic carbocycles. The summed E-state index contributed by atoms with van der Waals surface area (Å²) < 4.78 is 17.9. The van der Waals surface area contributed by atoms with Crippen LogP contribution >= 0.6 is 0 Å². The zero-order chi connectivity index (χ0) is 19.1. The minimum atomic E-state index is -0.269. The average Bonchev–Trinajstić information content (AvgIpc) is 2.58. The van der Waals surface area contributed by atoms with E-state index in [1.165, 1.54) is 5.56 Å². The first kappa shape index (κ1) is 19.1. The molecule has 1 aromatic rings. The number of rotatable bonds is 5. The minimum Gasteiger partial charge on any atom is -0.496 e. The van der Waals surface area contributed by atoms with Crippen LogP contribution in [-0.4, -0.2) is 19.8 Å². The van der Waals surface area contributed by atoms with Crippen LogP contribution in [0.1, 0.15) is 58.9 Å². The Balaban J connectivity index is 2.13. The first-order valence-electron chi connectivity index (χ1n) is 9.93. The monoisotopic (exact) mass is 358 g/mol. The maximum absolute atomic E-state index is 6.60.